The van der Waals surface area contributed by atoms with Gasteiger partial charge >= 0.3 is 17.9 Å². The number of fused-ring (bicyclic) bond motifs is 2. The molecule has 3 aliphatic rings. The van der Waals surface area contributed by atoms with E-state index in [1.165, 1.54) is 12.1 Å². The minimum absolute atomic E-state index is 0.0172. The molecule has 0 radical (unpaired) electrons. The number of rotatable bonds is 3. The van der Waals surface area contributed by atoms with Crippen molar-refractivity contribution in [3.05, 3.63) is 71.3 Å². The van der Waals surface area contributed by atoms with E-state index in [0.29, 0.717) is 11.1 Å². The number of carbonyl (C=O) groups excluding carboxylic acids is 1. The maximum Gasteiger partial charge on any atom is 0.339 e. The predicted molar refractivity (Wildman–Crippen MR) is 99.3 cm³/mol. The SMILES string of the molecule is O=C(O)C1=CC=CCC1=O.O=C(O)c1ccc2c(C(=O)O)c1-c1ccc-2cc1. The van der Waals surface area contributed by atoms with Crippen LogP contribution in [0.3, 0.4) is 0 Å². The summed E-state index contributed by atoms with van der Waals surface area (Å²) in [6.45, 7) is 0. The second-order valence-electron chi connectivity index (χ2n) is 6.04. The maximum atomic E-state index is 11.4. The first-order chi connectivity index (χ1) is 13.3. The number of hydrogen-bond donors (Lipinski definition) is 3. The molecule has 5 rings (SSSR count). The molecule has 0 amide bonds. The molecule has 28 heavy (non-hydrogen) atoms. The van der Waals surface area contributed by atoms with E-state index in [1.807, 2.05) is 0 Å². The fraction of sp³-hybridized carbons (Fsp3) is 0.0476. The summed E-state index contributed by atoms with van der Waals surface area (Å²) in [6, 6.07) is 10.1. The predicted octanol–water partition coefficient (Wildman–Crippen LogP) is 3.26. The van der Waals surface area contributed by atoms with E-state index in [4.69, 9.17) is 5.11 Å². The van der Waals surface area contributed by atoms with Gasteiger partial charge in [-0.1, -0.05) is 42.5 Å². The lowest BCUT2D eigenvalue weighted by atomic mass is 9.93. The molecule has 0 unspecified atom stereocenters. The zero-order valence-corrected chi connectivity index (χ0v) is 14.4. The fourth-order valence-electron chi connectivity index (χ4n) is 3.09. The van der Waals surface area contributed by atoms with Crippen LogP contribution in [-0.2, 0) is 9.59 Å². The molecule has 4 bridgehead atoms. The summed E-state index contributed by atoms with van der Waals surface area (Å²) < 4.78 is 0. The number of carbonyl (C=O) groups is 4. The molecule has 3 N–H and O–H groups in total. The van der Waals surface area contributed by atoms with Gasteiger partial charge in [0, 0.05) is 12.0 Å². The van der Waals surface area contributed by atoms with Crippen molar-refractivity contribution in [2.75, 3.05) is 0 Å². The van der Waals surface area contributed by atoms with Gasteiger partial charge in [-0.3, -0.25) is 4.79 Å². The van der Waals surface area contributed by atoms with E-state index >= 15 is 0 Å². The van der Waals surface area contributed by atoms with Crippen molar-refractivity contribution in [3.63, 3.8) is 0 Å². The van der Waals surface area contributed by atoms with Gasteiger partial charge in [0.2, 0.25) is 0 Å². The Morgan fingerprint density at radius 1 is 0.786 bits per heavy atom. The Morgan fingerprint density at radius 2 is 1.43 bits per heavy atom. The molecule has 7 heteroatoms. The Morgan fingerprint density at radius 3 is 1.93 bits per heavy atom. The zero-order valence-electron chi connectivity index (χ0n) is 14.4. The summed E-state index contributed by atoms with van der Waals surface area (Å²) in [5, 5.41) is 26.9. The quantitative estimate of drug-likeness (QED) is 0.597. The Hall–Kier alpha value is -4.00. The monoisotopic (exact) mass is 378 g/mol. The van der Waals surface area contributed by atoms with Crippen LogP contribution in [0.25, 0.3) is 22.3 Å². The van der Waals surface area contributed by atoms with Gasteiger partial charge in [-0.05, 0) is 28.8 Å². The number of aliphatic carboxylic acids is 1. The van der Waals surface area contributed by atoms with Crippen molar-refractivity contribution >= 4 is 23.7 Å². The number of Topliss-reactive ketones (excluding diaryl/α,β-unsaturated/α-hetero) is 1. The number of carboxylic acids is 3. The largest absolute Gasteiger partial charge is 0.478 e. The first-order valence-corrected chi connectivity index (χ1v) is 8.19. The number of benzene rings is 2. The lowest BCUT2D eigenvalue weighted by Crippen LogP contribution is -2.12. The summed E-state index contributed by atoms with van der Waals surface area (Å²) in [4.78, 5) is 43.6. The molecule has 140 valence electrons. The summed E-state index contributed by atoms with van der Waals surface area (Å²) in [6.07, 6.45) is 4.73. The second-order valence-corrected chi connectivity index (χ2v) is 6.04. The van der Waals surface area contributed by atoms with Crippen molar-refractivity contribution in [1.82, 2.24) is 0 Å². The minimum atomic E-state index is -1.14. The van der Waals surface area contributed by atoms with Gasteiger partial charge in [0.05, 0.1) is 11.1 Å². The highest BCUT2D eigenvalue weighted by Gasteiger charge is 2.26. The van der Waals surface area contributed by atoms with Gasteiger partial charge < -0.3 is 15.3 Å². The third kappa shape index (κ3) is 3.33. The van der Waals surface area contributed by atoms with E-state index < -0.39 is 17.9 Å². The summed E-state index contributed by atoms with van der Waals surface area (Å²) in [5.41, 5.74) is 2.20. The Labute approximate surface area is 158 Å². The summed E-state index contributed by atoms with van der Waals surface area (Å²) in [5.74, 6) is -3.70. The topological polar surface area (TPSA) is 129 Å². The second kappa shape index (κ2) is 7.32. The van der Waals surface area contributed by atoms with Crippen LogP contribution in [0.5, 0.6) is 0 Å². The summed E-state index contributed by atoms with van der Waals surface area (Å²) >= 11 is 0. The molecule has 7 nitrogen and oxygen atoms in total. The molecule has 0 saturated carbocycles. The molecule has 3 aliphatic carbocycles. The van der Waals surface area contributed by atoms with Crippen LogP contribution in [0.2, 0.25) is 0 Å². The van der Waals surface area contributed by atoms with Crippen LogP contribution in [0.4, 0.5) is 0 Å². The van der Waals surface area contributed by atoms with Crippen molar-refractivity contribution in [2.45, 2.75) is 6.42 Å². The highest BCUT2D eigenvalue weighted by Crippen LogP contribution is 2.39. The van der Waals surface area contributed by atoms with Crippen molar-refractivity contribution in [2.24, 2.45) is 0 Å². The molecular weight excluding hydrogens is 364 g/mol. The molecule has 0 heterocycles. The standard InChI is InChI=1S/C14H8O4.C7H6O3/c15-13(16)10-6-5-9-7-1-3-8(4-2-7)11(10)12(9)14(17)18;8-6-4-2-1-3-5(6)7(9)10/h1-6H,(H,15,16)(H,17,18);1-3H,4H2,(H,9,10). The Balaban J connectivity index is 0.000000192. The lowest BCUT2D eigenvalue weighted by Gasteiger charge is -2.10. The number of allylic oxidation sites excluding steroid dienone is 3. The van der Waals surface area contributed by atoms with Crippen molar-refractivity contribution in [1.29, 1.82) is 0 Å². The highest BCUT2D eigenvalue weighted by atomic mass is 16.4. The molecule has 0 saturated heterocycles. The smallest absolute Gasteiger partial charge is 0.339 e. The third-order valence-electron chi connectivity index (χ3n) is 4.37. The van der Waals surface area contributed by atoms with Gasteiger partial charge in [-0.2, -0.15) is 0 Å². The Bertz CT molecular complexity index is 1070. The zero-order chi connectivity index (χ0) is 20.4. The average Bonchev–Trinajstić information content (AvgIpc) is 2.83. The third-order valence-corrected chi connectivity index (χ3v) is 4.37. The molecule has 0 spiro atoms. The maximum absolute atomic E-state index is 11.4. The van der Waals surface area contributed by atoms with E-state index in [1.54, 1.807) is 42.5 Å². The molecule has 0 atom stereocenters. The highest BCUT2D eigenvalue weighted by molar-refractivity contribution is 6.17. The van der Waals surface area contributed by atoms with Crippen molar-refractivity contribution in [3.8, 4) is 22.3 Å². The van der Waals surface area contributed by atoms with E-state index in [0.717, 1.165) is 5.56 Å². The van der Waals surface area contributed by atoms with Gasteiger partial charge in [0.1, 0.15) is 5.57 Å². The molecule has 0 fully saturated rings. The first-order valence-electron chi connectivity index (χ1n) is 8.19. The van der Waals surface area contributed by atoms with Crippen LogP contribution in [0.15, 0.2) is 60.2 Å². The molecule has 0 aliphatic heterocycles. The van der Waals surface area contributed by atoms with E-state index in [9.17, 15) is 29.4 Å². The van der Waals surface area contributed by atoms with Gasteiger partial charge in [-0.25, -0.2) is 14.4 Å². The van der Waals surface area contributed by atoms with Crippen molar-refractivity contribution < 1.29 is 34.5 Å². The lowest BCUT2D eigenvalue weighted by molar-refractivity contribution is -0.134. The Kier molecular flexibility index (Phi) is 4.91. The molecular formula is C21H14O7. The fourth-order valence-corrected chi connectivity index (χ4v) is 3.09. The van der Waals surface area contributed by atoms with E-state index in [2.05, 4.69) is 0 Å². The normalized spacial score (nSPS) is 13.1. The molecule has 2 aromatic rings. The van der Waals surface area contributed by atoms with Gasteiger partial charge in [0.25, 0.3) is 0 Å². The van der Waals surface area contributed by atoms with E-state index in [-0.39, 0.29) is 34.5 Å². The van der Waals surface area contributed by atoms with Gasteiger partial charge in [-0.15, -0.1) is 0 Å². The summed E-state index contributed by atoms with van der Waals surface area (Å²) in [7, 11) is 0. The first kappa shape index (κ1) is 18.8. The number of hydrogen-bond acceptors (Lipinski definition) is 4. The van der Waals surface area contributed by atoms with Crippen LogP contribution < -0.4 is 0 Å². The number of carboxylic acid groups (broad SMARTS) is 3. The molecule has 2 aromatic carbocycles. The number of aromatic carboxylic acids is 2. The average molecular weight is 378 g/mol. The van der Waals surface area contributed by atoms with Crippen LogP contribution in [-0.4, -0.2) is 39.0 Å². The minimum Gasteiger partial charge on any atom is -0.478 e. The molecule has 0 aromatic heterocycles. The van der Waals surface area contributed by atoms with Crippen LogP contribution in [0, 0.1) is 0 Å². The van der Waals surface area contributed by atoms with Gasteiger partial charge in [0.15, 0.2) is 5.78 Å². The van der Waals surface area contributed by atoms with Crippen LogP contribution in [0.1, 0.15) is 27.1 Å². The number of ketones is 1. The van der Waals surface area contributed by atoms with Crippen LogP contribution >= 0.6 is 0 Å².